The molecule has 0 amide bonds. The summed E-state index contributed by atoms with van der Waals surface area (Å²) in [5.41, 5.74) is 1.38. The van der Waals surface area contributed by atoms with E-state index < -0.39 is 5.97 Å². The lowest BCUT2D eigenvalue weighted by Crippen LogP contribution is -2.38. The third kappa shape index (κ3) is 4.30. The number of carbonyl (C=O) groups is 1. The molecule has 1 atom stereocenters. The molecule has 1 N–H and O–H groups in total. The Morgan fingerprint density at radius 1 is 1.58 bits per heavy atom. The lowest BCUT2D eigenvalue weighted by atomic mass is 10.0. The first-order valence-electron chi connectivity index (χ1n) is 6.76. The number of rotatable bonds is 6. The molecule has 1 aromatic rings. The van der Waals surface area contributed by atoms with E-state index >= 15 is 0 Å². The largest absolute Gasteiger partial charge is 0.481 e. The third-order valence-corrected chi connectivity index (χ3v) is 4.42. The number of hydrogen-bond acceptors (Lipinski definition) is 4. The zero-order chi connectivity index (χ0) is 13.7. The van der Waals surface area contributed by atoms with Gasteiger partial charge in [0.1, 0.15) is 0 Å². The van der Waals surface area contributed by atoms with Crippen molar-refractivity contribution in [3.05, 3.63) is 22.4 Å². The molecule has 1 fully saturated rings. The van der Waals surface area contributed by atoms with Crippen LogP contribution in [-0.2, 0) is 9.53 Å². The highest BCUT2D eigenvalue weighted by Gasteiger charge is 2.24. The normalized spacial score (nSPS) is 19.4. The van der Waals surface area contributed by atoms with Crippen LogP contribution in [0.5, 0.6) is 0 Å². The summed E-state index contributed by atoms with van der Waals surface area (Å²) in [5.74, 6) is -0.788. The van der Waals surface area contributed by atoms with Crippen LogP contribution in [0.3, 0.4) is 0 Å². The molecule has 1 aliphatic rings. The fourth-order valence-corrected chi connectivity index (χ4v) is 3.21. The van der Waals surface area contributed by atoms with E-state index in [1.54, 1.807) is 11.3 Å². The summed E-state index contributed by atoms with van der Waals surface area (Å²) < 4.78 is 5.61. The second kappa shape index (κ2) is 7.03. The standard InChI is InChI=1S/C14H21NO3S/c1-11(12-5-9-19-10-12)15-6-2-13(3-7-15)18-8-4-14(16)17/h5,9-11,13H,2-4,6-8H2,1H3,(H,16,17). The molecule has 2 rings (SSSR count). The van der Waals surface area contributed by atoms with Crippen LogP contribution >= 0.6 is 11.3 Å². The number of ether oxygens (including phenoxy) is 1. The minimum atomic E-state index is -0.788. The van der Waals surface area contributed by atoms with Crippen molar-refractivity contribution in [2.45, 2.75) is 38.3 Å². The Bertz CT molecular complexity index is 385. The van der Waals surface area contributed by atoms with E-state index in [4.69, 9.17) is 9.84 Å². The smallest absolute Gasteiger partial charge is 0.305 e. The number of nitrogens with zero attached hydrogens (tertiary/aromatic N) is 1. The van der Waals surface area contributed by atoms with Gasteiger partial charge in [-0.1, -0.05) is 0 Å². The Morgan fingerprint density at radius 2 is 2.32 bits per heavy atom. The van der Waals surface area contributed by atoms with Gasteiger partial charge in [0.25, 0.3) is 0 Å². The van der Waals surface area contributed by atoms with Gasteiger partial charge in [-0.2, -0.15) is 11.3 Å². The average Bonchev–Trinajstić information content (AvgIpc) is 2.92. The Hall–Kier alpha value is -0.910. The summed E-state index contributed by atoms with van der Waals surface area (Å²) in [7, 11) is 0. The van der Waals surface area contributed by atoms with Crippen molar-refractivity contribution < 1.29 is 14.6 Å². The quantitative estimate of drug-likeness (QED) is 0.872. The predicted octanol–water partition coefficient (Wildman–Crippen LogP) is 2.76. The second-order valence-electron chi connectivity index (χ2n) is 4.98. The molecule has 0 spiro atoms. The molecule has 106 valence electrons. The van der Waals surface area contributed by atoms with Gasteiger partial charge < -0.3 is 9.84 Å². The third-order valence-electron chi connectivity index (χ3n) is 3.72. The molecule has 1 aromatic heterocycles. The summed E-state index contributed by atoms with van der Waals surface area (Å²) in [6, 6.07) is 2.65. The van der Waals surface area contributed by atoms with Gasteiger partial charge in [-0.3, -0.25) is 9.69 Å². The second-order valence-corrected chi connectivity index (χ2v) is 5.76. The van der Waals surface area contributed by atoms with E-state index in [1.807, 2.05) is 0 Å². The summed E-state index contributed by atoms with van der Waals surface area (Å²) >= 11 is 1.74. The van der Waals surface area contributed by atoms with Crippen LogP contribution in [0.15, 0.2) is 16.8 Å². The Kier molecular flexibility index (Phi) is 5.36. The average molecular weight is 283 g/mol. The lowest BCUT2D eigenvalue weighted by molar-refractivity contribution is -0.138. The number of carboxylic acid groups (broad SMARTS) is 1. The van der Waals surface area contributed by atoms with Crippen molar-refractivity contribution >= 4 is 17.3 Å². The van der Waals surface area contributed by atoms with E-state index in [1.165, 1.54) is 5.56 Å². The van der Waals surface area contributed by atoms with Crippen molar-refractivity contribution in [1.29, 1.82) is 0 Å². The SMILES string of the molecule is CC(c1ccsc1)N1CCC(OCCC(=O)O)CC1. The van der Waals surface area contributed by atoms with Gasteiger partial charge in [0, 0.05) is 19.1 Å². The summed E-state index contributed by atoms with van der Waals surface area (Å²) in [5, 5.41) is 12.9. The molecule has 1 saturated heterocycles. The van der Waals surface area contributed by atoms with Crippen molar-refractivity contribution in [3.63, 3.8) is 0 Å². The topological polar surface area (TPSA) is 49.8 Å². The predicted molar refractivity (Wildman–Crippen MR) is 75.5 cm³/mol. The van der Waals surface area contributed by atoms with Crippen LogP contribution in [0.4, 0.5) is 0 Å². The number of thiophene rings is 1. The molecule has 2 heterocycles. The molecule has 5 heteroatoms. The zero-order valence-electron chi connectivity index (χ0n) is 11.2. The van der Waals surface area contributed by atoms with Gasteiger partial charge in [0.15, 0.2) is 0 Å². The Morgan fingerprint density at radius 3 is 2.89 bits per heavy atom. The fourth-order valence-electron chi connectivity index (χ4n) is 2.47. The number of piperidine rings is 1. The van der Waals surface area contributed by atoms with Gasteiger partial charge in [0.05, 0.1) is 19.1 Å². The van der Waals surface area contributed by atoms with E-state index in [0.717, 1.165) is 25.9 Å². The highest BCUT2D eigenvalue weighted by Crippen LogP contribution is 2.26. The number of hydrogen-bond donors (Lipinski definition) is 1. The fraction of sp³-hybridized carbons (Fsp3) is 0.643. The van der Waals surface area contributed by atoms with E-state index in [-0.39, 0.29) is 12.5 Å². The van der Waals surface area contributed by atoms with E-state index in [9.17, 15) is 4.79 Å². The summed E-state index contributed by atoms with van der Waals surface area (Å²) in [6.45, 7) is 4.62. The van der Waals surface area contributed by atoms with Crippen LogP contribution in [0.1, 0.15) is 37.8 Å². The molecule has 0 aromatic carbocycles. The van der Waals surface area contributed by atoms with Crippen LogP contribution in [0.25, 0.3) is 0 Å². The van der Waals surface area contributed by atoms with Crippen molar-refractivity contribution in [2.24, 2.45) is 0 Å². The first-order valence-corrected chi connectivity index (χ1v) is 7.70. The monoisotopic (exact) mass is 283 g/mol. The molecular formula is C14H21NO3S. The van der Waals surface area contributed by atoms with Crippen molar-refractivity contribution in [3.8, 4) is 0 Å². The molecule has 19 heavy (non-hydrogen) atoms. The molecule has 0 aliphatic carbocycles. The first kappa shape index (κ1) is 14.5. The minimum Gasteiger partial charge on any atom is -0.481 e. The van der Waals surface area contributed by atoms with Gasteiger partial charge in [-0.15, -0.1) is 0 Å². The molecule has 4 nitrogen and oxygen atoms in total. The van der Waals surface area contributed by atoms with E-state index in [2.05, 4.69) is 28.7 Å². The van der Waals surface area contributed by atoms with E-state index in [0.29, 0.717) is 12.6 Å². The summed E-state index contributed by atoms with van der Waals surface area (Å²) in [4.78, 5) is 12.9. The van der Waals surface area contributed by atoms with Crippen molar-refractivity contribution in [2.75, 3.05) is 19.7 Å². The highest BCUT2D eigenvalue weighted by molar-refractivity contribution is 7.07. The molecule has 1 unspecified atom stereocenters. The maximum atomic E-state index is 10.4. The van der Waals surface area contributed by atoms with Crippen LogP contribution < -0.4 is 0 Å². The maximum Gasteiger partial charge on any atom is 0.305 e. The first-order chi connectivity index (χ1) is 9.16. The van der Waals surface area contributed by atoms with Crippen LogP contribution in [0.2, 0.25) is 0 Å². The van der Waals surface area contributed by atoms with Gasteiger partial charge in [-0.05, 0) is 42.2 Å². The van der Waals surface area contributed by atoms with Gasteiger partial charge >= 0.3 is 5.97 Å². The van der Waals surface area contributed by atoms with Crippen LogP contribution in [-0.4, -0.2) is 41.8 Å². The molecule has 0 saturated carbocycles. The molecular weight excluding hydrogens is 262 g/mol. The number of likely N-dealkylation sites (tertiary alicyclic amines) is 1. The van der Waals surface area contributed by atoms with Crippen LogP contribution in [0, 0.1) is 0 Å². The maximum absolute atomic E-state index is 10.4. The molecule has 0 bridgehead atoms. The van der Waals surface area contributed by atoms with Gasteiger partial charge in [0.2, 0.25) is 0 Å². The number of carboxylic acids is 1. The number of aliphatic carboxylic acids is 1. The molecule has 1 aliphatic heterocycles. The van der Waals surface area contributed by atoms with Crippen molar-refractivity contribution in [1.82, 2.24) is 4.90 Å². The summed E-state index contributed by atoms with van der Waals surface area (Å²) in [6.07, 6.45) is 2.32. The Labute approximate surface area is 118 Å². The highest BCUT2D eigenvalue weighted by atomic mass is 32.1. The Balaban J connectivity index is 1.72. The molecule has 0 radical (unpaired) electrons. The minimum absolute atomic E-state index is 0.103. The lowest BCUT2D eigenvalue weighted by Gasteiger charge is -2.35. The van der Waals surface area contributed by atoms with Gasteiger partial charge in [-0.25, -0.2) is 0 Å². The zero-order valence-corrected chi connectivity index (χ0v) is 12.1.